The first kappa shape index (κ1) is 91.0. The SMILES string of the molecule is C=S(=O)(c1ccccc1Nc1nc(Nc2cc(C)c(C3CCN(C(C)CO)CC3)cc2OC(C)C)nc2[nH]ccc12)C(C)C.C=S(=O)(c1ccccc1Nc1nc(Nc2cc(C)c(C3CCN(CC)CC3)cc2OC(C)C)nc2[nH]ccc12)C(C)C.Cc1cc(Nc2nc(Nc3ccccc3S(C)(=O)=O)c3cc[nH]c3n2)c(OC(C)C)cc1C1CCCCC1. The Morgan fingerprint density at radius 3 is 1.07 bits per heavy atom. The molecular weight excluding hydrogens is 1620 g/mol. The zero-order valence-corrected chi connectivity index (χ0v) is 77.1. The summed E-state index contributed by atoms with van der Waals surface area (Å²) in [4.78, 5) is 44.7. The van der Waals surface area contributed by atoms with Gasteiger partial charge in [-0.25, -0.2) is 8.42 Å². The highest BCUT2D eigenvalue weighted by atomic mass is 32.2. The Balaban J connectivity index is 0.000000160. The maximum Gasteiger partial charge on any atom is 0.231 e. The lowest BCUT2D eigenvalue weighted by Crippen LogP contribution is -2.41. The Morgan fingerprint density at radius 2 is 0.750 bits per heavy atom. The number of H-pyrrole nitrogens is 3. The molecule has 0 amide bonds. The second-order valence-corrected chi connectivity index (χ2v) is 42.1. The lowest BCUT2D eigenvalue weighted by molar-refractivity contribution is 0.108. The highest BCUT2D eigenvalue weighted by Gasteiger charge is 2.30. The molecule has 6 aromatic heterocycles. The Hall–Kier alpha value is -10.8. The first-order valence-electron chi connectivity index (χ1n) is 43.6. The first-order chi connectivity index (χ1) is 59.2. The number of hydrogen-bond acceptors (Lipinski definition) is 22. The van der Waals surface area contributed by atoms with Crippen LogP contribution in [0.3, 0.4) is 0 Å². The van der Waals surface area contributed by atoms with Gasteiger partial charge in [0.25, 0.3) is 0 Å². The summed E-state index contributed by atoms with van der Waals surface area (Å²) in [5.41, 5.74) is 13.9. The molecular formula is C96H125N17O8S3. The first-order valence-corrected chi connectivity index (χ1v) is 49.1. The number of aliphatic hydroxyl groups is 1. The van der Waals surface area contributed by atoms with Crippen LogP contribution in [0.1, 0.15) is 192 Å². The number of nitrogens with one attached hydrogen (secondary N) is 9. The number of para-hydroxylation sites is 3. The monoisotopic (exact) mass is 1740 g/mol. The van der Waals surface area contributed by atoms with Crippen LogP contribution in [0.25, 0.3) is 33.1 Å². The van der Waals surface area contributed by atoms with Crippen molar-refractivity contribution in [1.29, 1.82) is 0 Å². The molecule has 660 valence electrons. The summed E-state index contributed by atoms with van der Waals surface area (Å²) in [6, 6.07) is 40.8. The van der Waals surface area contributed by atoms with E-state index in [-0.39, 0.29) is 46.4 Å². The predicted molar refractivity (Wildman–Crippen MR) is 512 cm³/mol. The number of ether oxygens (including phenoxy) is 3. The molecule has 3 unspecified atom stereocenters. The van der Waals surface area contributed by atoms with Crippen molar-refractivity contribution >= 4 is 143 Å². The number of aryl methyl sites for hydroxylation is 3. The van der Waals surface area contributed by atoms with Crippen molar-refractivity contribution in [2.45, 2.75) is 229 Å². The van der Waals surface area contributed by atoms with E-state index in [0.29, 0.717) is 91.2 Å². The number of hydrogen-bond donors (Lipinski definition) is 10. The van der Waals surface area contributed by atoms with Gasteiger partial charge in [-0.15, -0.1) is 0 Å². The highest BCUT2D eigenvalue weighted by Crippen LogP contribution is 2.45. The molecule has 0 spiro atoms. The second kappa shape index (κ2) is 39.6. The molecule has 3 fully saturated rings. The van der Waals surface area contributed by atoms with Gasteiger partial charge >= 0.3 is 0 Å². The third-order valence-corrected chi connectivity index (χ3v) is 30.0. The number of likely N-dealkylation sites (tertiary alicyclic amines) is 2. The van der Waals surface area contributed by atoms with Crippen LogP contribution in [-0.2, 0) is 28.9 Å². The van der Waals surface area contributed by atoms with E-state index in [0.717, 1.165) is 115 Å². The van der Waals surface area contributed by atoms with Crippen LogP contribution in [0.2, 0.25) is 0 Å². The van der Waals surface area contributed by atoms with Crippen LogP contribution in [0, 0.1) is 20.8 Å². The van der Waals surface area contributed by atoms with Gasteiger partial charge in [0.15, 0.2) is 9.84 Å². The molecule has 0 radical (unpaired) electrons. The van der Waals surface area contributed by atoms with Gasteiger partial charge < -0.3 is 71.1 Å². The molecule has 15 rings (SSSR count). The minimum atomic E-state index is -3.43. The van der Waals surface area contributed by atoms with Crippen LogP contribution in [0.4, 0.5) is 69.4 Å². The minimum absolute atomic E-state index is 0.00832. The maximum absolute atomic E-state index is 13.6. The average molecular weight is 1740 g/mol. The van der Waals surface area contributed by atoms with Gasteiger partial charge in [-0.3, -0.25) is 13.3 Å². The van der Waals surface area contributed by atoms with Gasteiger partial charge in [0.2, 0.25) is 17.8 Å². The summed E-state index contributed by atoms with van der Waals surface area (Å²) in [6.07, 6.45) is 17.3. The molecule has 10 N–H and O–H groups in total. The lowest BCUT2D eigenvalue weighted by Gasteiger charge is -2.36. The van der Waals surface area contributed by atoms with Crippen LogP contribution >= 0.6 is 0 Å². The number of benzene rings is 6. The zero-order valence-electron chi connectivity index (χ0n) is 74.7. The normalized spacial score (nSPS) is 15.9. The molecule has 2 saturated heterocycles. The summed E-state index contributed by atoms with van der Waals surface area (Å²) in [5.74, 6) is 14.9. The summed E-state index contributed by atoms with van der Waals surface area (Å²) in [5, 5.41) is 32.1. The molecule has 25 nitrogen and oxygen atoms in total. The average Bonchev–Trinajstić information content (AvgIpc) is 1.40. The number of rotatable bonds is 29. The molecule has 3 aliphatic rings. The standard InChI is InChI=1S/C34H46N6O3S.C33H44N6O2S.C29H35N5O3S/c1-21(2)43-30-19-27(25-13-16-40(17-14-25)24(6)20-41)23(5)18-29(30)37-34-38-32-26(12-15-35-32)33(39-34)36-28-10-8-9-11-31(28)44(7,42)22(3)4;1-8-39-17-14-24(15-18-39)26-20-29(41-21(2)3)28(19-23(26)6)36-33-37-31-25(13-16-34-31)32(38-33)35-27-11-9-10-12-30(27)42(7,40)22(4)5;1-18(2)37-25-17-22(20-10-6-5-7-11-20)19(3)16-24(25)32-29-33-27-21(14-15-30-27)28(34-29)31-23-12-8-9-13-26(23)38(4,35)36/h8-12,15,18-19,21-22,24-25,41H,7,13-14,16-17,20H2,1-6H3,(H3,35,36,37,38,39);9-13,16,19-22,24H,7-8,14-15,17-18H2,1-6H3,(H3,34,35,36,37,38);8-9,12-18,20H,5-7,10-11H2,1-4H3,(H3,30,31,32,33,34). The second-order valence-electron chi connectivity index (χ2n) is 34.5. The van der Waals surface area contributed by atoms with Gasteiger partial charge in [0.1, 0.15) is 51.6 Å². The van der Waals surface area contributed by atoms with Crippen molar-refractivity contribution in [2.24, 2.45) is 0 Å². The van der Waals surface area contributed by atoms with E-state index in [1.54, 1.807) is 30.5 Å². The highest BCUT2D eigenvalue weighted by molar-refractivity contribution is 8.01. The molecule has 8 heterocycles. The molecule has 6 aromatic carbocycles. The van der Waals surface area contributed by atoms with E-state index < -0.39 is 28.9 Å². The summed E-state index contributed by atoms with van der Waals surface area (Å²) in [7, 11) is -8.48. The number of anilines is 12. The Morgan fingerprint density at radius 1 is 0.427 bits per heavy atom. The Kier molecular flexibility index (Phi) is 29.1. The molecule has 2 aliphatic heterocycles. The fourth-order valence-corrected chi connectivity index (χ4v) is 20.1. The largest absolute Gasteiger partial charge is 0.489 e. The van der Waals surface area contributed by atoms with Crippen molar-refractivity contribution in [2.75, 3.05) is 77.5 Å². The third kappa shape index (κ3) is 21.6. The number of sulfone groups is 1. The molecule has 12 aromatic rings. The Labute approximate surface area is 732 Å². The molecule has 1 aliphatic carbocycles. The number of piperidine rings is 2. The molecule has 124 heavy (non-hydrogen) atoms. The zero-order chi connectivity index (χ0) is 88.5. The van der Waals surface area contributed by atoms with E-state index in [4.69, 9.17) is 39.1 Å². The van der Waals surface area contributed by atoms with E-state index in [1.807, 2.05) is 148 Å². The van der Waals surface area contributed by atoms with Gasteiger partial charge in [0, 0.05) is 60.4 Å². The lowest BCUT2D eigenvalue weighted by atomic mass is 9.82. The van der Waals surface area contributed by atoms with Crippen LogP contribution in [-0.4, -0.2) is 169 Å². The van der Waals surface area contributed by atoms with Crippen LogP contribution in [0.5, 0.6) is 17.2 Å². The van der Waals surface area contributed by atoms with Gasteiger partial charge in [-0.1, -0.05) is 90.3 Å². The van der Waals surface area contributed by atoms with Crippen molar-refractivity contribution in [1.82, 2.24) is 54.7 Å². The van der Waals surface area contributed by atoms with E-state index in [2.05, 4.69) is 144 Å². The number of aromatic nitrogens is 9. The fraction of sp³-hybridized carbons (Fsp3) is 0.417. The van der Waals surface area contributed by atoms with E-state index in [1.165, 1.54) is 71.7 Å². The number of aliphatic hydroxyl groups excluding tert-OH is 1. The number of fused-ring (bicyclic) bond motifs is 3. The number of aromatic amines is 3. The summed E-state index contributed by atoms with van der Waals surface area (Å²) >= 11 is 0. The topological polar surface area (TPSA) is 320 Å². The van der Waals surface area contributed by atoms with Gasteiger partial charge in [-0.2, -0.15) is 29.9 Å². The predicted octanol–water partition coefficient (Wildman–Crippen LogP) is 20.8. The van der Waals surface area contributed by atoms with Gasteiger partial charge in [-0.05, 0) is 294 Å². The minimum Gasteiger partial charge on any atom is -0.489 e. The van der Waals surface area contributed by atoms with Crippen molar-refractivity contribution in [3.63, 3.8) is 0 Å². The smallest absolute Gasteiger partial charge is 0.231 e. The number of nitrogens with zero attached hydrogens (tertiary/aromatic N) is 8. The molecule has 3 atom stereocenters. The molecule has 28 heteroatoms. The molecule has 1 saturated carbocycles. The van der Waals surface area contributed by atoms with Crippen LogP contribution in [0.15, 0.2) is 161 Å². The van der Waals surface area contributed by atoms with Gasteiger partial charge in [0.05, 0.1) is 89.9 Å². The van der Waals surface area contributed by atoms with E-state index in [9.17, 15) is 21.9 Å². The maximum atomic E-state index is 13.6. The fourth-order valence-electron chi connectivity index (χ4n) is 16.7. The van der Waals surface area contributed by atoms with Crippen molar-refractivity contribution < 1.29 is 36.2 Å². The summed E-state index contributed by atoms with van der Waals surface area (Å²) < 4.78 is 70.7. The van der Waals surface area contributed by atoms with Crippen LogP contribution < -0.4 is 46.1 Å². The molecule has 0 bridgehead atoms. The third-order valence-electron chi connectivity index (χ3n) is 23.6. The Bertz CT molecular complexity index is 6080. The van der Waals surface area contributed by atoms with Crippen molar-refractivity contribution in [3.8, 4) is 17.2 Å². The quantitative estimate of drug-likeness (QED) is 0.0195. The van der Waals surface area contributed by atoms with Crippen molar-refractivity contribution in [3.05, 3.63) is 179 Å². The van der Waals surface area contributed by atoms with E-state index >= 15 is 0 Å². The summed E-state index contributed by atoms with van der Waals surface area (Å²) in [6.45, 7) is 36.2.